The summed E-state index contributed by atoms with van der Waals surface area (Å²) < 4.78 is 0. The van der Waals surface area contributed by atoms with Crippen molar-refractivity contribution in [2.45, 2.75) is 39.8 Å². The standard InChI is InChI=1S/C21H34N4O2/c1-5-24(6-2)20(26)16-23-12-14-25(15-13-23)18(4)21(27)22-17(3)19-10-8-7-9-11-19/h7-11,17-18H,5-6,12-16H2,1-4H3,(H,22,27). The zero-order chi connectivity index (χ0) is 19.8. The van der Waals surface area contributed by atoms with Gasteiger partial charge in [-0.15, -0.1) is 0 Å². The van der Waals surface area contributed by atoms with Crippen molar-refractivity contribution in [3.05, 3.63) is 35.9 Å². The monoisotopic (exact) mass is 374 g/mol. The van der Waals surface area contributed by atoms with Gasteiger partial charge in [-0.3, -0.25) is 19.4 Å². The second kappa shape index (κ2) is 10.4. The third kappa shape index (κ3) is 6.04. The fourth-order valence-electron chi connectivity index (χ4n) is 3.50. The Bertz CT molecular complexity index is 595. The zero-order valence-electron chi connectivity index (χ0n) is 17.1. The molecule has 0 spiro atoms. The Balaban J connectivity index is 1.79. The van der Waals surface area contributed by atoms with Gasteiger partial charge in [0.25, 0.3) is 0 Å². The molecule has 1 aromatic rings. The highest BCUT2D eigenvalue weighted by Gasteiger charge is 2.27. The second-order valence-electron chi connectivity index (χ2n) is 7.20. The third-order valence-electron chi connectivity index (χ3n) is 5.47. The first-order valence-corrected chi connectivity index (χ1v) is 10.1. The summed E-state index contributed by atoms with van der Waals surface area (Å²) in [6.07, 6.45) is 0. The smallest absolute Gasteiger partial charge is 0.237 e. The number of piperazine rings is 1. The minimum Gasteiger partial charge on any atom is -0.348 e. The summed E-state index contributed by atoms with van der Waals surface area (Å²) in [4.78, 5) is 31.1. The molecule has 2 atom stereocenters. The predicted octanol–water partition coefficient (Wildman–Crippen LogP) is 1.74. The molecule has 1 aliphatic rings. The summed E-state index contributed by atoms with van der Waals surface area (Å²) in [6, 6.07) is 9.83. The number of nitrogens with zero attached hydrogens (tertiary/aromatic N) is 3. The van der Waals surface area contributed by atoms with Gasteiger partial charge in [0.1, 0.15) is 0 Å². The summed E-state index contributed by atoms with van der Waals surface area (Å²) in [6.45, 7) is 13.2. The first-order chi connectivity index (χ1) is 13.0. The summed E-state index contributed by atoms with van der Waals surface area (Å²) >= 11 is 0. The van der Waals surface area contributed by atoms with Crippen molar-refractivity contribution in [1.82, 2.24) is 20.0 Å². The maximum absolute atomic E-state index is 12.6. The lowest BCUT2D eigenvalue weighted by molar-refractivity contribution is -0.133. The summed E-state index contributed by atoms with van der Waals surface area (Å²) in [5.41, 5.74) is 1.11. The Morgan fingerprint density at radius 1 is 1.04 bits per heavy atom. The van der Waals surface area contributed by atoms with E-state index in [1.807, 2.05) is 62.9 Å². The molecule has 2 unspecified atom stereocenters. The summed E-state index contributed by atoms with van der Waals surface area (Å²) in [5, 5.41) is 3.11. The Hall–Kier alpha value is -1.92. The lowest BCUT2D eigenvalue weighted by Gasteiger charge is -2.38. The lowest BCUT2D eigenvalue weighted by atomic mass is 10.1. The molecule has 1 N–H and O–H groups in total. The van der Waals surface area contributed by atoms with Crippen LogP contribution in [0.25, 0.3) is 0 Å². The summed E-state index contributed by atoms with van der Waals surface area (Å²) in [7, 11) is 0. The minimum absolute atomic E-state index is 0.00543. The molecule has 0 bridgehead atoms. The molecular weight excluding hydrogens is 340 g/mol. The van der Waals surface area contributed by atoms with Crippen LogP contribution in [0.4, 0.5) is 0 Å². The molecule has 0 aliphatic carbocycles. The van der Waals surface area contributed by atoms with Crippen molar-refractivity contribution < 1.29 is 9.59 Å². The number of rotatable bonds is 8. The fraction of sp³-hybridized carbons (Fsp3) is 0.619. The van der Waals surface area contributed by atoms with Gasteiger partial charge in [-0.25, -0.2) is 0 Å². The first-order valence-electron chi connectivity index (χ1n) is 10.1. The molecule has 1 heterocycles. The van der Waals surface area contributed by atoms with E-state index in [2.05, 4.69) is 15.1 Å². The van der Waals surface area contributed by atoms with E-state index < -0.39 is 0 Å². The average Bonchev–Trinajstić information content (AvgIpc) is 2.69. The van der Waals surface area contributed by atoms with Crippen molar-refractivity contribution in [1.29, 1.82) is 0 Å². The molecule has 6 nitrogen and oxygen atoms in total. The van der Waals surface area contributed by atoms with Crippen molar-refractivity contribution in [2.24, 2.45) is 0 Å². The van der Waals surface area contributed by atoms with Crippen LogP contribution in [0.15, 0.2) is 30.3 Å². The Labute approximate surface area is 163 Å². The van der Waals surface area contributed by atoms with Crippen LogP contribution in [-0.4, -0.2) is 78.4 Å². The molecule has 2 amide bonds. The molecule has 27 heavy (non-hydrogen) atoms. The molecule has 1 fully saturated rings. The Morgan fingerprint density at radius 2 is 1.63 bits per heavy atom. The number of hydrogen-bond acceptors (Lipinski definition) is 4. The number of carbonyl (C=O) groups excluding carboxylic acids is 2. The van der Waals surface area contributed by atoms with Crippen molar-refractivity contribution >= 4 is 11.8 Å². The van der Waals surface area contributed by atoms with Gasteiger partial charge in [-0.05, 0) is 33.3 Å². The normalized spacial score (nSPS) is 17.9. The molecule has 0 radical (unpaired) electrons. The zero-order valence-corrected chi connectivity index (χ0v) is 17.1. The van der Waals surface area contributed by atoms with E-state index in [0.29, 0.717) is 6.54 Å². The largest absolute Gasteiger partial charge is 0.348 e. The van der Waals surface area contributed by atoms with E-state index in [9.17, 15) is 9.59 Å². The van der Waals surface area contributed by atoms with E-state index in [-0.39, 0.29) is 23.9 Å². The topological polar surface area (TPSA) is 55.9 Å². The molecule has 1 aromatic carbocycles. The van der Waals surface area contributed by atoms with Crippen LogP contribution >= 0.6 is 0 Å². The Kier molecular flexibility index (Phi) is 8.25. The number of amides is 2. The highest BCUT2D eigenvalue weighted by molar-refractivity contribution is 5.81. The van der Waals surface area contributed by atoms with Gasteiger partial charge in [0.2, 0.25) is 11.8 Å². The molecule has 1 saturated heterocycles. The number of hydrogen-bond donors (Lipinski definition) is 1. The molecule has 0 aromatic heterocycles. The summed E-state index contributed by atoms with van der Waals surface area (Å²) in [5.74, 6) is 0.245. The molecule has 6 heteroatoms. The maximum Gasteiger partial charge on any atom is 0.237 e. The van der Waals surface area contributed by atoms with Crippen LogP contribution in [0.1, 0.15) is 39.3 Å². The number of likely N-dealkylation sites (N-methyl/N-ethyl adjacent to an activating group) is 1. The lowest BCUT2D eigenvalue weighted by Crippen LogP contribution is -2.55. The fourth-order valence-corrected chi connectivity index (χ4v) is 3.50. The molecule has 150 valence electrons. The van der Waals surface area contributed by atoms with Crippen molar-refractivity contribution in [3.8, 4) is 0 Å². The van der Waals surface area contributed by atoms with E-state index in [0.717, 1.165) is 44.8 Å². The highest BCUT2D eigenvalue weighted by atomic mass is 16.2. The van der Waals surface area contributed by atoms with Crippen LogP contribution in [-0.2, 0) is 9.59 Å². The van der Waals surface area contributed by atoms with Crippen LogP contribution in [0, 0.1) is 0 Å². The highest BCUT2D eigenvalue weighted by Crippen LogP contribution is 2.13. The average molecular weight is 375 g/mol. The number of nitrogens with one attached hydrogen (secondary N) is 1. The second-order valence-corrected chi connectivity index (χ2v) is 7.20. The van der Waals surface area contributed by atoms with Gasteiger partial charge in [-0.1, -0.05) is 30.3 Å². The third-order valence-corrected chi connectivity index (χ3v) is 5.47. The molecule has 2 rings (SSSR count). The van der Waals surface area contributed by atoms with Gasteiger partial charge in [0.05, 0.1) is 18.6 Å². The van der Waals surface area contributed by atoms with E-state index in [4.69, 9.17) is 0 Å². The first kappa shape index (κ1) is 21.4. The van der Waals surface area contributed by atoms with Crippen LogP contribution in [0.2, 0.25) is 0 Å². The van der Waals surface area contributed by atoms with Crippen LogP contribution < -0.4 is 5.32 Å². The van der Waals surface area contributed by atoms with Gasteiger partial charge < -0.3 is 10.2 Å². The van der Waals surface area contributed by atoms with Crippen LogP contribution in [0.3, 0.4) is 0 Å². The molecular formula is C21H34N4O2. The van der Waals surface area contributed by atoms with Gasteiger partial charge >= 0.3 is 0 Å². The number of benzene rings is 1. The predicted molar refractivity (Wildman–Crippen MR) is 108 cm³/mol. The SMILES string of the molecule is CCN(CC)C(=O)CN1CCN(C(C)C(=O)NC(C)c2ccccc2)CC1. The van der Waals surface area contributed by atoms with E-state index >= 15 is 0 Å². The van der Waals surface area contributed by atoms with Crippen molar-refractivity contribution in [2.75, 3.05) is 45.8 Å². The van der Waals surface area contributed by atoms with Crippen molar-refractivity contribution in [3.63, 3.8) is 0 Å². The van der Waals surface area contributed by atoms with Gasteiger partial charge in [0, 0.05) is 39.3 Å². The van der Waals surface area contributed by atoms with E-state index in [1.54, 1.807) is 0 Å². The molecule has 1 aliphatic heterocycles. The molecule has 0 saturated carbocycles. The minimum atomic E-state index is -0.170. The van der Waals surface area contributed by atoms with E-state index in [1.165, 1.54) is 0 Å². The van der Waals surface area contributed by atoms with Crippen LogP contribution in [0.5, 0.6) is 0 Å². The number of carbonyl (C=O) groups is 2. The Morgan fingerprint density at radius 3 is 2.19 bits per heavy atom. The maximum atomic E-state index is 12.6. The quantitative estimate of drug-likeness (QED) is 0.753. The van der Waals surface area contributed by atoms with Gasteiger partial charge in [0.15, 0.2) is 0 Å². The van der Waals surface area contributed by atoms with Gasteiger partial charge in [-0.2, -0.15) is 0 Å².